The molecule has 0 saturated carbocycles. The van der Waals surface area contributed by atoms with Crippen LogP contribution in [0.1, 0.15) is 12.8 Å². The first kappa shape index (κ1) is 11.1. The summed E-state index contributed by atoms with van der Waals surface area (Å²) in [6.07, 6.45) is 0.286. The van der Waals surface area contributed by atoms with E-state index in [4.69, 9.17) is 38.7 Å². The molecule has 2 atom stereocenters. The van der Waals surface area contributed by atoms with Gasteiger partial charge in [0.15, 0.2) is 5.50 Å². The lowest BCUT2D eigenvalue weighted by Gasteiger charge is -2.20. The Kier molecular flexibility index (Phi) is 2.91. The summed E-state index contributed by atoms with van der Waals surface area (Å²) in [6.45, 7) is 0. The standard InChI is InChI=1S/C5H7Cl2N3O4/c6-3-1-2-5(7,4(11)12)9(3)10(14)8-13/h3,14H,1-2H2,(H,11,12)/p+1. The van der Waals surface area contributed by atoms with Gasteiger partial charge in [-0.2, -0.15) is 0 Å². The van der Waals surface area contributed by atoms with Crippen molar-refractivity contribution in [3.05, 3.63) is 0 Å². The number of carboxylic acid groups (broad SMARTS) is 1. The van der Waals surface area contributed by atoms with E-state index in [0.29, 0.717) is 5.01 Å². The highest BCUT2D eigenvalue weighted by molar-refractivity contribution is 6.34. The number of rotatable bonds is 2. The van der Waals surface area contributed by atoms with Crippen molar-refractivity contribution < 1.29 is 25.3 Å². The van der Waals surface area contributed by atoms with E-state index in [9.17, 15) is 4.79 Å². The second kappa shape index (κ2) is 3.66. The van der Waals surface area contributed by atoms with E-state index in [1.54, 1.807) is 0 Å². The first-order chi connectivity index (χ1) is 6.43. The maximum absolute atomic E-state index is 10.8. The van der Waals surface area contributed by atoms with Gasteiger partial charge < -0.3 is 10.3 Å². The van der Waals surface area contributed by atoms with E-state index < -0.39 is 16.5 Å². The summed E-state index contributed by atoms with van der Waals surface area (Å²) in [5, 5.41) is 29.2. The lowest BCUT2D eigenvalue weighted by molar-refractivity contribution is -0.945. The topological polar surface area (TPSA) is 96.4 Å². The van der Waals surface area contributed by atoms with Gasteiger partial charge in [0.25, 0.3) is 15.2 Å². The van der Waals surface area contributed by atoms with Gasteiger partial charge in [-0.15, -0.1) is 0 Å². The molecular weight excluding hydrogens is 237 g/mol. The van der Waals surface area contributed by atoms with Crippen molar-refractivity contribution in [1.82, 2.24) is 5.01 Å². The number of hydrogen-bond donors (Lipinski definition) is 3. The summed E-state index contributed by atoms with van der Waals surface area (Å²) in [6, 6.07) is 0. The predicted octanol–water partition coefficient (Wildman–Crippen LogP) is 0.825. The second-order valence-electron chi connectivity index (χ2n) is 2.74. The van der Waals surface area contributed by atoms with Gasteiger partial charge in [-0.3, -0.25) is 0 Å². The molecule has 3 N–H and O–H groups in total. The molecule has 1 saturated heterocycles. The van der Waals surface area contributed by atoms with Crippen LogP contribution in [0.2, 0.25) is 0 Å². The molecule has 0 aliphatic carbocycles. The van der Waals surface area contributed by atoms with Crippen LogP contribution in [0, 0.1) is 0 Å². The van der Waals surface area contributed by atoms with E-state index in [2.05, 4.69) is 5.28 Å². The Hall–Kier alpha value is -0.950. The molecule has 9 heteroatoms. The van der Waals surface area contributed by atoms with Gasteiger partial charge in [0.05, 0.1) is 0 Å². The lowest BCUT2D eigenvalue weighted by Crippen LogP contribution is -2.51. The quantitative estimate of drug-likeness (QED) is 0.220. The minimum Gasteiger partial charge on any atom is -0.478 e. The highest BCUT2D eigenvalue weighted by Gasteiger charge is 2.58. The van der Waals surface area contributed by atoms with Gasteiger partial charge in [0.2, 0.25) is 0 Å². The van der Waals surface area contributed by atoms with Gasteiger partial charge in [-0.05, 0) is 6.42 Å². The fraction of sp³-hybridized carbons (Fsp3) is 0.800. The van der Waals surface area contributed by atoms with Crippen LogP contribution in [0.5, 0.6) is 0 Å². The molecule has 80 valence electrons. The van der Waals surface area contributed by atoms with E-state index in [1.807, 2.05) is 0 Å². The molecule has 1 heterocycles. The van der Waals surface area contributed by atoms with Crippen LogP contribution in [0.25, 0.3) is 0 Å². The van der Waals surface area contributed by atoms with Gasteiger partial charge in [0.1, 0.15) is 0 Å². The number of hydrogen-bond acceptors (Lipinski definition) is 2. The summed E-state index contributed by atoms with van der Waals surface area (Å²) in [5.41, 5.74) is -0.843. The summed E-state index contributed by atoms with van der Waals surface area (Å²) in [4.78, 5) is 8.85. The van der Waals surface area contributed by atoms with Crippen molar-refractivity contribution in [3.8, 4) is 0 Å². The van der Waals surface area contributed by atoms with Crippen molar-refractivity contribution >= 4 is 29.2 Å². The van der Waals surface area contributed by atoms with Gasteiger partial charge in [-0.1, -0.05) is 28.2 Å². The first-order valence-corrected chi connectivity index (χ1v) is 4.44. The Balaban J connectivity index is 3.04. The molecule has 0 radical (unpaired) electrons. The van der Waals surface area contributed by atoms with Crippen LogP contribution in [0.4, 0.5) is 0 Å². The van der Waals surface area contributed by atoms with Gasteiger partial charge >= 0.3 is 5.97 Å². The zero-order valence-corrected chi connectivity index (χ0v) is 8.35. The van der Waals surface area contributed by atoms with Crippen LogP contribution < -0.4 is 0 Å². The zero-order valence-electron chi connectivity index (χ0n) is 6.84. The zero-order chi connectivity index (χ0) is 10.9. The molecule has 0 bridgehead atoms. The van der Waals surface area contributed by atoms with Crippen LogP contribution >= 0.6 is 23.2 Å². The molecule has 0 aromatic carbocycles. The third-order valence-electron chi connectivity index (χ3n) is 1.94. The van der Waals surface area contributed by atoms with Crippen molar-refractivity contribution in [2.24, 2.45) is 5.28 Å². The third-order valence-corrected chi connectivity index (χ3v) is 2.87. The maximum atomic E-state index is 10.8. The number of halogens is 2. The summed E-state index contributed by atoms with van der Waals surface area (Å²) < 4.78 is 0. The van der Waals surface area contributed by atoms with Crippen molar-refractivity contribution in [2.75, 3.05) is 0 Å². The minimum absolute atomic E-state index is 0.0324. The van der Waals surface area contributed by atoms with E-state index in [-0.39, 0.29) is 17.8 Å². The number of aliphatic carboxylic acids is 1. The molecule has 2 unspecified atom stereocenters. The monoisotopic (exact) mass is 244 g/mol. The third kappa shape index (κ3) is 1.53. The molecule has 0 amide bonds. The van der Waals surface area contributed by atoms with Gasteiger partial charge in [0, 0.05) is 6.42 Å². The molecule has 1 rings (SSSR count). The Morgan fingerprint density at radius 1 is 1.71 bits per heavy atom. The normalized spacial score (nSPS) is 33.4. The van der Waals surface area contributed by atoms with Crippen LogP contribution in [-0.2, 0) is 4.79 Å². The van der Waals surface area contributed by atoms with E-state index in [0.717, 1.165) is 0 Å². The molecule has 1 aliphatic rings. The van der Waals surface area contributed by atoms with Crippen molar-refractivity contribution in [3.63, 3.8) is 0 Å². The molecule has 7 nitrogen and oxygen atoms in total. The first-order valence-electron chi connectivity index (χ1n) is 3.63. The van der Waals surface area contributed by atoms with Crippen molar-refractivity contribution in [1.29, 1.82) is 0 Å². The number of carboxylic acids is 1. The number of alkyl halides is 2. The fourth-order valence-corrected chi connectivity index (χ4v) is 1.97. The molecule has 1 aliphatic heterocycles. The molecule has 0 aromatic heterocycles. The van der Waals surface area contributed by atoms with Crippen LogP contribution in [0.3, 0.4) is 0 Å². The molecule has 1 fully saturated rings. The molecule has 0 spiro atoms. The van der Waals surface area contributed by atoms with Gasteiger partial charge in [-0.25, -0.2) is 10.0 Å². The average molecular weight is 245 g/mol. The number of hydrazine groups is 1. The van der Waals surface area contributed by atoms with Crippen LogP contribution in [0.15, 0.2) is 5.28 Å². The summed E-state index contributed by atoms with van der Waals surface area (Å²) >= 11 is 11.4. The van der Waals surface area contributed by atoms with E-state index >= 15 is 0 Å². The largest absolute Gasteiger partial charge is 0.478 e. The summed E-state index contributed by atoms with van der Waals surface area (Å²) in [5.74, 6) is -1.37. The Morgan fingerprint density at radius 3 is 2.71 bits per heavy atom. The Morgan fingerprint density at radius 2 is 2.29 bits per heavy atom. The molecule has 0 aromatic rings. The smallest absolute Gasteiger partial charge is 0.351 e. The number of carbonyl (C=O) groups is 1. The highest BCUT2D eigenvalue weighted by Crippen LogP contribution is 2.39. The predicted molar refractivity (Wildman–Crippen MR) is 43.2 cm³/mol. The van der Waals surface area contributed by atoms with Crippen LogP contribution in [-0.4, -0.2) is 42.0 Å². The highest BCUT2D eigenvalue weighted by atomic mass is 35.5. The number of nitrogens with zero attached hydrogens (tertiary/aromatic N) is 3. The Labute approximate surface area is 88.6 Å². The Bertz CT molecular complexity index is 286. The fourth-order valence-electron chi connectivity index (χ4n) is 1.27. The average Bonchev–Trinajstić information content (AvgIpc) is 2.43. The maximum Gasteiger partial charge on any atom is 0.351 e. The van der Waals surface area contributed by atoms with Crippen molar-refractivity contribution in [2.45, 2.75) is 23.3 Å². The lowest BCUT2D eigenvalue weighted by atomic mass is 10.2. The molecule has 14 heavy (non-hydrogen) atoms. The second-order valence-corrected chi connectivity index (χ2v) is 3.87. The summed E-state index contributed by atoms with van der Waals surface area (Å²) in [7, 11) is 0. The molecular formula is C5H8Cl2N3O4+. The minimum atomic E-state index is -1.88. The SMILES string of the molecule is O=C(O)C1(Cl)CCC(Cl)N1[N+](O)=NO. The van der Waals surface area contributed by atoms with E-state index in [1.165, 1.54) is 0 Å².